The maximum absolute atomic E-state index is 13.9. The van der Waals surface area contributed by atoms with Crippen molar-refractivity contribution in [2.45, 2.75) is 43.6 Å². The average Bonchev–Trinajstić information content (AvgIpc) is 3.51. The molecule has 4 atom stereocenters. The molecule has 1 aliphatic heterocycles. The Balaban J connectivity index is 1.51. The minimum Gasteiger partial charge on any atom is -0.469 e. The lowest BCUT2D eigenvalue weighted by Crippen LogP contribution is -2.43. The Labute approximate surface area is 223 Å². The van der Waals surface area contributed by atoms with Gasteiger partial charge in [-0.05, 0) is 60.1 Å². The normalized spacial score (nSPS) is 24.8. The summed E-state index contributed by atoms with van der Waals surface area (Å²) in [6.07, 6.45) is 7.96. The molecule has 6 heteroatoms. The van der Waals surface area contributed by atoms with Gasteiger partial charge in [-0.15, -0.1) is 0 Å². The van der Waals surface area contributed by atoms with E-state index in [9.17, 15) is 9.18 Å². The molecule has 0 amide bonds. The molecule has 5 nitrogen and oxygen atoms in total. The van der Waals surface area contributed by atoms with Crippen molar-refractivity contribution in [3.8, 4) is 0 Å². The SMILES string of the molecule is CON=C(c1cccc2ccccc12)[C@@H]1[C@@H]2C[C@@](c3ccc(F)cc3)(CO2)[C@H]1C/C=C\CCCC(=O)OC. The number of carbonyl (C=O) groups is 1. The lowest BCUT2D eigenvalue weighted by atomic mass is 9.68. The van der Waals surface area contributed by atoms with E-state index in [-0.39, 0.29) is 35.1 Å². The number of hydrogen-bond donors (Lipinski definition) is 0. The maximum atomic E-state index is 13.9. The minimum absolute atomic E-state index is 0.000668. The molecule has 1 saturated heterocycles. The monoisotopic (exact) mass is 515 g/mol. The zero-order valence-electron chi connectivity index (χ0n) is 21.9. The fraction of sp³-hybridized carbons (Fsp3) is 0.375. The molecule has 0 aromatic heterocycles. The lowest BCUT2D eigenvalue weighted by molar-refractivity contribution is -0.140. The van der Waals surface area contributed by atoms with Gasteiger partial charge in [-0.3, -0.25) is 4.79 Å². The third-order valence-corrected chi connectivity index (χ3v) is 8.19. The van der Waals surface area contributed by atoms with Gasteiger partial charge >= 0.3 is 5.97 Å². The maximum Gasteiger partial charge on any atom is 0.305 e. The third kappa shape index (κ3) is 4.97. The van der Waals surface area contributed by atoms with Crippen LogP contribution in [0.4, 0.5) is 4.39 Å². The van der Waals surface area contributed by atoms with E-state index in [0.717, 1.165) is 53.3 Å². The average molecular weight is 516 g/mol. The van der Waals surface area contributed by atoms with Crippen LogP contribution in [-0.4, -0.2) is 38.6 Å². The number of carbonyl (C=O) groups excluding carboxylic acids is 1. The van der Waals surface area contributed by atoms with Gasteiger partial charge in [-0.1, -0.05) is 71.9 Å². The van der Waals surface area contributed by atoms with Gasteiger partial charge in [0.25, 0.3) is 0 Å². The number of nitrogens with zero attached hydrogens (tertiary/aromatic N) is 1. The Morgan fingerprint density at radius 3 is 2.66 bits per heavy atom. The quantitative estimate of drug-likeness (QED) is 0.100. The Morgan fingerprint density at radius 2 is 1.87 bits per heavy atom. The van der Waals surface area contributed by atoms with Crippen molar-refractivity contribution < 1.29 is 23.5 Å². The first-order chi connectivity index (χ1) is 18.6. The van der Waals surface area contributed by atoms with Gasteiger partial charge in [-0.2, -0.15) is 0 Å². The molecule has 1 saturated carbocycles. The lowest BCUT2D eigenvalue weighted by Gasteiger charge is -2.39. The van der Waals surface area contributed by atoms with Gasteiger partial charge < -0.3 is 14.3 Å². The van der Waals surface area contributed by atoms with Crippen molar-refractivity contribution in [2.24, 2.45) is 17.0 Å². The number of benzene rings is 3. The predicted octanol–water partition coefficient (Wildman–Crippen LogP) is 6.59. The Morgan fingerprint density at radius 1 is 1.08 bits per heavy atom. The highest BCUT2D eigenvalue weighted by atomic mass is 19.1. The predicted molar refractivity (Wildman–Crippen MR) is 147 cm³/mol. The molecule has 1 heterocycles. The van der Waals surface area contributed by atoms with Crippen LogP contribution in [0.5, 0.6) is 0 Å². The molecular weight excluding hydrogens is 481 g/mol. The second-order valence-corrected chi connectivity index (χ2v) is 10.2. The summed E-state index contributed by atoms with van der Waals surface area (Å²) in [6, 6.07) is 21.5. The second-order valence-electron chi connectivity index (χ2n) is 10.2. The number of fused-ring (bicyclic) bond motifs is 3. The topological polar surface area (TPSA) is 57.1 Å². The van der Waals surface area contributed by atoms with Crippen LogP contribution in [0.25, 0.3) is 10.8 Å². The number of allylic oxidation sites excluding steroid dienone is 2. The number of hydrogen-bond acceptors (Lipinski definition) is 5. The van der Waals surface area contributed by atoms with Gasteiger partial charge in [0.15, 0.2) is 0 Å². The summed E-state index contributed by atoms with van der Waals surface area (Å²) in [5.74, 6) is -0.250. The molecule has 0 radical (unpaired) electrons. The molecule has 0 unspecified atom stereocenters. The van der Waals surface area contributed by atoms with Gasteiger partial charge in [0.05, 0.1) is 25.5 Å². The van der Waals surface area contributed by atoms with Crippen molar-refractivity contribution in [1.29, 1.82) is 0 Å². The van der Waals surface area contributed by atoms with Crippen molar-refractivity contribution in [3.63, 3.8) is 0 Å². The molecule has 3 aromatic rings. The van der Waals surface area contributed by atoms with E-state index in [0.29, 0.717) is 13.0 Å². The van der Waals surface area contributed by atoms with E-state index in [2.05, 4.69) is 47.6 Å². The van der Waals surface area contributed by atoms with Crippen LogP contribution in [0.2, 0.25) is 0 Å². The molecule has 198 valence electrons. The van der Waals surface area contributed by atoms with E-state index < -0.39 is 0 Å². The van der Waals surface area contributed by atoms with Crippen LogP contribution in [-0.2, 0) is 24.5 Å². The molecule has 5 rings (SSSR count). The number of rotatable bonds is 10. The molecule has 3 aromatic carbocycles. The number of ether oxygens (including phenoxy) is 2. The van der Waals surface area contributed by atoms with Crippen LogP contribution < -0.4 is 0 Å². The Kier molecular flexibility index (Phi) is 7.89. The summed E-state index contributed by atoms with van der Waals surface area (Å²) >= 11 is 0. The van der Waals surface area contributed by atoms with E-state index in [4.69, 9.17) is 14.3 Å². The van der Waals surface area contributed by atoms with Gasteiger partial charge in [-0.25, -0.2) is 4.39 Å². The minimum atomic E-state index is -0.252. The largest absolute Gasteiger partial charge is 0.469 e. The van der Waals surface area contributed by atoms with E-state index in [1.165, 1.54) is 7.11 Å². The Bertz CT molecular complexity index is 1330. The molecule has 1 aliphatic carbocycles. The van der Waals surface area contributed by atoms with Crippen molar-refractivity contribution in [3.05, 3.63) is 95.8 Å². The van der Waals surface area contributed by atoms with Gasteiger partial charge in [0.1, 0.15) is 12.9 Å². The molecular formula is C32H34FNO4. The molecule has 38 heavy (non-hydrogen) atoms. The zero-order valence-corrected chi connectivity index (χ0v) is 21.9. The molecule has 0 spiro atoms. The van der Waals surface area contributed by atoms with Crippen LogP contribution >= 0.6 is 0 Å². The zero-order chi connectivity index (χ0) is 26.5. The summed E-state index contributed by atoms with van der Waals surface area (Å²) < 4.78 is 25.0. The molecule has 2 aliphatic rings. The van der Waals surface area contributed by atoms with E-state index in [1.54, 1.807) is 19.2 Å². The summed E-state index contributed by atoms with van der Waals surface area (Å²) in [5, 5.41) is 6.89. The molecule has 2 fully saturated rings. The molecule has 2 bridgehead atoms. The summed E-state index contributed by atoms with van der Waals surface area (Å²) in [7, 11) is 3.00. The van der Waals surface area contributed by atoms with Gasteiger partial charge in [0, 0.05) is 23.3 Å². The smallest absolute Gasteiger partial charge is 0.305 e. The summed E-state index contributed by atoms with van der Waals surface area (Å²) in [6.45, 7) is 0.594. The number of oxime groups is 1. The van der Waals surface area contributed by atoms with Crippen molar-refractivity contribution >= 4 is 22.5 Å². The fourth-order valence-corrected chi connectivity index (χ4v) is 6.42. The highest BCUT2D eigenvalue weighted by Gasteiger charge is 2.60. The first-order valence-corrected chi connectivity index (χ1v) is 13.3. The Hall–Kier alpha value is -3.51. The van der Waals surface area contributed by atoms with Crippen molar-refractivity contribution in [2.75, 3.05) is 20.8 Å². The third-order valence-electron chi connectivity index (χ3n) is 8.19. The van der Waals surface area contributed by atoms with Crippen LogP contribution in [0.3, 0.4) is 0 Å². The summed E-state index contributed by atoms with van der Waals surface area (Å²) in [5.41, 5.74) is 2.79. The number of unbranched alkanes of at least 4 members (excludes halogenated alkanes) is 1. The highest BCUT2D eigenvalue weighted by Crippen LogP contribution is 2.57. The van der Waals surface area contributed by atoms with Gasteiger partial charge in [0.2, 0.25) is 0 Å². The summed E-state index contributed by atoms with van der Waals surface area (Å²) in [4.78, 5) is 16.9. The first-order valence-electron chi connectivity index (χ1n) is 13.3. The second kappa shape index (κ2) is 11.5. The van der Waals surface area contributed by atoms with Crippen molar-refractivity contribution in [1.82, 2.24) is 0 Å². The fourth-order valence-electron chi connectivity index (χ4n) is 6.42. The van der Waals surface area contributed by atoms with E-state index in [1.807, 2.05) is 24.3 Å². The number of esters is 1. The number of halogens is 1. The van der Waals surface area contributed by atoms with Crippen LogP contribution in [0, 0.1) is 17.7 Å². The van der Waals surface area contributed by atoms with E-state index >= 15 is 0 Å². The molecule has 0 N–H and O–H groups in total. The first kappa shape index (κ1) is 26.1. The highest BCUT2D eigenvalue weighted by molar-refractivity contribution is 6.12. The van der Waals surface area contributed by atoms with Crippen LogP contribution in [0.1, 0.15) is 43.2 Å². The number of methoxy groups -OCH3 is 1. The standard InChI is InChI=1S/C32H34FNO4/c1-36-29(35)15-6-4-3-5-14-27-30(28-20-32(27,21-38-28)23-16-18-24(33)19-17-23)31(34-37-2)26-13-9-11-22-10-7-8-12-25(22)26/h3,5,7-13,16-19,27-28,30H,4,6,14-15,20-21H2,1-2H3/b5-3-,34-31?/t27-,28-,30-,32-/m0/s1. The van der Waals surface area contributed by atoms with Crippen LogP contribution in [0.15, 0.2) is 84.0 Å².